The Bertz CT molecular complexity index is 287. The van der Waals surface area contributed by atoms with Crippen LogP contribution in [0.1, 0.15) is 46.0 Å². The molecule has 0 aromatic heterocycles. The zero-order valence-electron chi connectivity index (χ0n) is 10.8. The molecule has 0 spiro atoms. The maximum atomic E-state index is 10.8. The Labute approximate surface area is 103 Å². The van der Waals surface area contributed by atoms with Crippen molar-refractivity contribution in [3.8, 4) is 0 Å². The Morgan fingerprint density at radius 1 is 1.35 bits per heavy atom. The van der Waals surface area contributed by atoms with Crippen molar-refractivity contribution < 1.29 is 14.6 Å². The summed E-state index contributed by atoms with van der Waals surface area (Å²) in [4.78, 5) is 10.8. The fraction of sp³-hybridized carbons (Fsp3) is 0.923. The molecule has 1 aliphatic carbocycles. The average Bonchev–Trinajstić information content (AvgIpc) is 2.17. The molecule has 0 amide bonds. The largest absolute Gasteiger partial charge is 0.481 e. The molecule has 2 N–H and O–H groups in total. The normalized spacial score (nSPS) is 27.4. The van der Waals surface area contributed by atoms with Crippen molar-refractivity contribution in [2.75, 3.05) is 13.1 Å². The summed E-state index contributed by atoms with van der Waals surface area (Å²) in [5.74, 6) is -0.761. The second-order valence-electron chi connectivity index (χ2n) is 6.34. The third kappa shape index (κ3) is 3.19. The summed E-state index contributed by atoms with van der Waals surface area (Å²) >= 11 is 0. The fourth-order valence-electron chi connectivity index (χ4n) is 2.77. The Hall–Kier alpha value is -0.610. The third-order valence-electron chi connectivity index (χ3n) is 4.07. The quantitative estimate of drug-likeness (QED) is 0.788. The molecular formula is C13H23NO3. The molecule has 2 rings (SSSR count). The summed E-state index contributed by atoms with van der Waals surface area (Å²) in [6.07, 6.45) is 4.86. The molecule has 1 saturated carbocycles. The minimum atomic E-state index is -0.761. The highest BCUT2D eigenvalue weighted by Crippen LogP contribution is 2.38. The molecular weight excluding hydrogens is 218 g/mol. The predicted octanol–water partition coefficient (Wildman–Crippen LogP) is 1.79. The maximum Gasteiger partial charge on any atom is 0.306 e. The SMILES string of the molecule is CC1(C)CCC(OC2(CC(=O)O)CNC2)CC1. The van der Waals surface area contributed by atoms with E-state index in [0.717, 1.165) is 12.8 Å². The van der Waals surface area contributed by atoms with E-state index in [2.05, 4.69) is 19.2 Å². The molecule has 1 heterocycles. The number of carboxylic acids is 1. The summed E-state index contributed by atoms with van der Waals surface area (Å²) in [6, 6.07) is 0. The first-order chi connectivity index (χ1) is 7.91. The van der Waals surface area contributed by atoms with E-state index >= 15 is 0 Å². The van der Waals surface area contributed by atoms with E-state index in [0.29, 0.717) is 18.5 Å². The Morgan fingerprint density at radius 3 is 2.35 bits per heavy atom. The Morgan fingerprint density at radius 2 is 1.94 bits per heavy atom. The molecule has 0 radical (unpaired) electrons. The van der Waals surface area contributed by atoms with Gasteiger partial charge in [0.1, 0.15) is 5.60 Å². The summed E-state index contributed by atoms with van der Waals surface area (Å²) in [5.41, 5.74) is -0.00430. The van der Waals surface area contributed by atoms with Gasteiger partial charge in [0.15, 0.2) is 0 Å². The van der Waals surface area contributed by atoms with Crippen LogP contribution in [-0.2, 0) is 9.53 Å². The van der Waals surface area contributed by atoms with Crippen molar-refractivity contribution in [2.45, 2.75) is 57.7 Å². The summed E-state index contributed by atoms with van der Waals surface area (Å²) in [5, 5.41) is 12.0. The second-order valence-corrected chi connectivity index (χ2v) is 6.34. The number of rotatable bonds is 4. The van der Waals surface area contributed by atoms with E-state index in [4.69, 9.17) is 9.84 Å². The molecule has 0 bridgehead atoms. The molecule has 17 heavy (non-hydrogen) atoms. The molecule has 0 aromatic rings. The minimum Gasteiger partial charge on any atom is -0.481 e. The average molecular weight is 241 g/mol. The van der Waals surface area contributed by atoms with Crippen LogP contribution in [-0.4, -0.2) is 35.9 Å². The molecule has 0 aromatic carbocycles. The lowest BCUT2D eigenvalue weighted by molar-refractivity contribution is -0.164. The van der Waals surface area contributed by atoms with Gasteiger partial charge in [-0.1, -0.05) is 13.8 Å². The van der Waals surface area contributed by atoms with Gasteiger partial charge in [0.25, 0.3) is 0 Å². The van der Waals surface area contributed by atoms with E-state index < -0.39 is 11.6 Å². The smallest absolute Gasteiger partial charge is 0.306 e. The molecule has 2 aliphatic rings. The van der Waals surface area contributed by atoms with Gasteiger partial charge < -0.3 is 15.2 Å². The number of ether oxygens (including phenoxy) is 1. The molecule has 4 heteroatoms. The first kappa shape index (κ1) is 12.8. The van der Waals surface area contributed by atoms with Crippen molar-refractivity contribution in [2.24, 2.45) is 5.41 Å². The van der Waals surface area contributed by atoms with Crippen LogP contribution in [0.3, 0.4) is 0 Å². The first-order valence-electron chi connectivity index (χ1n) is 6.51. The van der Waals surface area contributed by atoms with Crippen LogP contribution in [0.2, 0.25) is 0 Å². The number of hydrogen-bond donors (Lipinski definition) is 2. The van der Waals surface area contributed by atoms with Gasteiger partial charge in [-0.25, -0.2) is 0 Å². The Kier molecular flexibility index (Phi) is 3.46. The molecule has 1 saturated heterocycles. The number of aliphatic carboxylic acids is 1. The van der Waals surface area contributed by atoms with Gasteiger partial charge in [-0.2, -0.15) is 0 Å². The third-order valence-corrected chi connectivity index (χ3v) is 4.07. The number of carboxylic acid groups (broad SMARTS) is 1. The van der Waals surface area contributed by atoms with Crippen LogP contribution in [0.5, 0.6) is 0 Å². The lowest BCUT2D eigenvalue weighted by Gasteiger charge is -2.46. The molecule has 0 atom stereocenters. The highest BCUT2D eigenvalue weighted by Gasteiger charge is 2.43. The van der Waals surface area contributed by atoms with Gasteiger partial charge in [0.05, 0.1) is 12.5 Å². The van der Waals surface area contributed by atoms with Gasteiger partial charge >= 0.3 is 5.97 Å². The van der Waals surface area contributed by atoms with Gasteiger partial charge in [-0.15, -0.1) is 0 Å². The second kappa shape index (κ2) is 4.58. The topological polar surface area (TPSA) is 58.6 Å². The molecule has 1 aliphatic heterocycles. The summed E-state index contributed by atoms with van der Waals surface area (Å²) < 4.78 is 6.08. The number of nitrogens with one attached hydrogen (secondary N) is 1. The zero-order chi connectivity index (χ0) is 12.5. The van der Waals surface area contributed by atoms with Crippen LogP contribution >= 0.6 is 0 Å². The van der Waals surface area contributed by atoms with Crippen molar-refractivity contribution in [3.05, 3.63) is 0 Å². The van der Waals surface area contributed by atoms with E-state index in [1.807, 2.05) is 0 Å². The minimum absolute atomic E-state index is 0.125. The summed E-state index contributed by atoms with van der Waals surface area (Å²) in [7, 11) is 0. The van der Waals surface area contributed by atoms with Gasteiger partial charge in [-0.05, 0) is 31.1 Å². The number of carbonyl (C=O) groups is 1. The van der Waals surface area contributed by atoms with Gasteiger partial charge in [0, 0.05) is 13.1 Å². The van der Waals surface area contributed by atoms with Gasteiger partial charge in [-0.3, -0.25) is 4.79 Å². The zero-order valence-corrected chi connectivity index (χ0v) is 10.8. The monoisotopic (exact) mass is 241 g/mol. The van der Waals surface area contributed by atoms with Crippen LogP contribution < -0.4 is 5.32 Å². The van der Waals surface area contributed by atoms with Crippen LogP contribution in [0.25, 0.3) is 0 Å². The molecule has 4 nitrogen and oxygen atoms in total. The molecule has 0 unspecified atom stereocenters. The molecule has 2 fully saturated rings. The highest BCUT2D eigenvalue weighted by molar-refractivity contribution is 5.68. The Balaban J connectivity index is 1.86. The molecule has 98 valence electrons. The van der Waals surface area contributed by atoms with Crippen molar-refractivity contribution in [3.63, 3.8) is 0 Å². The first-order valence-corrected chi connectivity index (χ1v) is 6.51. The predicted molar refractivity (Wildman–Crippen MR) is 65.0 cm³/mol. The van der Waals surface area contributed by atoms with Crippen LogP contribution in [0, 0.1) is 5.41 Å². The van der Waals surface area contributed by atoms with Crippen LogP contribution in [0.4, 0.5) is 0 Å². The highest BCUT2D eigenvalue weighted by atomic mass is 16.5. The van der Waals surface area contributed by atoms with Crippen molar-refractivity contribution in [1.82, 2.24) is 5.32 Å². The standard InChI is InChI=1S/C13H23NO3/c1-12(2)5-3-10(4-6-12)17-13(7-11(15)16)8-14-9-13/h10,14H,3-9H2,1-2H3,(H,15,16). The van der Waals surface area contributed by atoms with E-state index in [9.17, 15) is 4.79 Å². The van der Waals surface area contributed by atoms with Crippen LogP contribution in [0.15, 0.2) is 0 Å². The lowest BCUT2D eigenvalue weighted by Crippen LogP contribution is -2.63. The maximum absolute atomic E-state index is 10.8. The lowest BCUT2D eigenvalue weighted by atomic mass is 9.76. The van der Waals surface area contributed by atoms with E-state index in [-0.39, 0.29) is 12.5 Å². The summed E-state index contributed by atoms with van der Waals surface area (Å²) in [6.45, 7) is 5.95. The van der Waals surface area contributed by atoms with E-state index in [1.54, 1.807) is 0 Å². The van der Waals surface area contributed by atoms with Gasteiger partial charge in [0.2, 0.25) is 0 Å². The van der Waals surface area contributed by atoms with Crippen molar-refractivity contribution >= 4 is 5.97 Å². The fourth-order valence-corrected chi connectivity index (χ4v) is 2.77. The van der Waals surface area contributed by atoms with Crippen molar-refractivity contribution in [1.29, 1.82) is 0 Å². The number of hydrogen-bond acceptors (Lipinski definition) is 3. The van der Waals surface area contributed by atoms with E-state index in [1.165, 1.54) is 12.8 Å².